The van der Waals surface area contributed by atoms with Gasteiger partial charge < -0.3 is 24.7 Å². The summed E-state index contributed by atoms with van der Waals surface area (Å²) < 4.78 is 13.1. The van der Waals surface area contributed by atoms with E-state index >= 15 is 0 Å². The summed E-state index contributed by atoms with van der Waals surface area (Å²) in [6.45, 7) is 9.60. The second-order valence-corrected chi connectivity index (χ2v) is 11.5. The quantitative estimate of drug-likeness (QED) is 0.462. The predicted octanol–water partition coefficient (Wildman–Crippen LogP) is 3.29. The van der Waals surface area contributed by atoms with E-state index in [9.17, 15) is 14.4 Å². The number of benzene rings is 1. The Labute approximate surface area is 237 Å². The summed E-state index contributed by atoms with van der Waals surface area (Å²) in [4.78, 5) is 41.8. The summed E-state index contributed by atoms with van der Waals surface area (Å²) in [6, 6.07) is 7.52. The molecule has 1 aromatic carbocycles. The van der Waals surface area contributed by atoms with Crippen molar-refractivity contribution in [1.82, 2.24) is 20.1 Å². The van der Waals surface area contributed by atoms with Crippen LogP contribution in [0.4, 0.5) is 0 Å². The Morgan fingerprint density at radius 1 is 1.10 bits per heavy atom. The maximum atomic E-state index is 13.6. The van der Waals surface area contributed by atoms with Gasteiger partial charge >= 0.3 is 5.97 Å². The molecule has 1 aromatic heterocycles. The fourth-order valence-corrected chi connectivity index (χ4v) is 5.71. The lowest BCUT2D eigenvalue weighted by molar-refractivity contribution is -0.148. The zero-order valence-corrected chi connectivity index (χ0v) is 24.2. The van der Waals surface area contributed by atoms with Crippen molar-refractivity contribution in [1.29, 1.82) is 0 Å². The number of fused-ring (bicyclic) bond motifs is 5. The van der Waals surface area contributed by atoms with Gasteiger partial charge in [0.15, 0.2) is 0 Å². The van der Waals surface area contributed by atoms with Crippen molar-refractivity contribution >= 4 is 28.7 Å². The van der Waals surface area contributed by atoms with E-state index in [2.05, 4.69) is 38.4 Å². The highest BCUT2D eigenvalue weighted by atomic mass is 16.5. The zero-order chi connectivity index (χ0) is 28.3. The van der Waals surface area contributed by atoms with Gasteiger partial charge in [-0.1, -0.05) is 44.9 Å². The summed E-state index contributed by atoms with van der Waals surface area (Å²) >= 11 is 0. The van der Waals surface area contributed by atoms with Gasteiger partial charge in [0.2, 0.25) is 11.8 Å². The monoisotopic (exact) mass is 554 g/mol. The second kappa shape index (κ2) is 15.2. The molecule has 0 spiro atoms. The SMILES string of the molecule is CC(C)C[C@H](CC(=O)OCCN1CCOCC1)C(=O)N[C@H]1Cc2cn(c3ccccc23)CCCCCCNC1=O. The van der Waals surface area contributed by atoms with Crippen LogP contribution in [0.3, 0.4) is 0 Å². The second-order valence-electron chi connectivity index (χ2n) is 11.5. The number of amides is 2. The van der Waals surface area contributed by atoms with Crippen molar-refractivity contribution in [2.45, 2.75) is 71.4 Å². The summed E-state index contributed by atoms with van der Waals surface area (Å²) in [7, 11) is 0. The largest absolute Gasteiger partial charge is 0.464 e. The topological polar surface area (TPSA) is 102 Å². The summed E-state index contributed by atoms with van der Waals surface area (Å²) in [6.07, 6.45) is 7.22. The molecule has 2 amide bonds. The van der Waals surface area contributed by atoms with E-state index in [1.54, 1.807) is 0 Å². The van der Waals surface area contributed by atoms with Crippen LogP contribution in [0.5, 0.6) is 0 Å². The predicted molar refractivity (Wildman–Crippen MR) is 155 cm³/mol. The standard InChI is InChI=1S/C31H46N4O5/c1-23(2)19-24(21-29(36)40-18-15-34-13-16-39-17-14-34)30(37)33-27-20-25-22-35(28-10-6-5-9-26(25)28)12-8-4-3-7-11-32-31(27)38/h5-6,9-10,22-24,27H,3-4,7-8,11-21H2,1-2H3,(H,32,38)(H,33,37)/t24-,27+/m1/s1. The minimum absolute atomic E-state index is 0.000765. The van der Waals surface area contributed by atoms with Crippen LogP contribution in [0.15, 0.2) is 30.5 Å². The Balaban J connectivity index is 1.44. The maximum Gasteiger partial charge on any atom is 0.306 e. The molecule has 2 N–H and O–H groups in total. The molecule has 0 radical (unpaired) electrons. The van der Waals surface area contributed by atoms with Gasteiger partial charge in [-0.15, -0.1) is 0 Å². The molecule has 2 aromatic rings. The Kier molecular flexibility index (Phi) is 11.4. The summed E-state index contributed by atoms with van der Waals surface area (Å²) in [5.74, 6) is -1.18. The fraction of sp³-hybridized carbons (Fsp3) is 0.645. The number of carbonyl (C=O) groups is 3. The molecule has 2 atom stereocenters. The molecule has 9 nitrogen and oxygen atoms in total. The lowest BCUT2D eigenvalue weighted by Gasteiger charge is -2.26. The van der Waals surface area contributed by atoms with Gasteiger partial charge in [-0.2, -0.15) is 0 Å². The van der Waals surface area contributed by atoms with E-state index in [0.29, 0.717) is 45.8 Å². The van der Waals surface area contributed by atoms with Gasteiger partial charge in [0.1, 0.15) is 12.6 Å². The van der Waals surface area contributed by atoms with Crippen molar-refractivity contribution < 1.29 is 23.9 Å². The number of hydrogen-bond donors (Lipinski definition) is 2. The highest BCUT2D eigenvalue weighted by molar-refractivity contribution is 5.91. The van der Waals surface area contributed by atoms with Crippen molar-refractivity contribution in [2.75, 3.05) is 46.0 Å². The number of rotatable bonds is 9. The molecule has 4 rings (SSSR count). The van der Waals surface area contributed by atoms with E-state index < -0.39 is 12.0 Å². The first-order valence-electron chi connectivity index (χ1n) is 15.0. The van der Waals surface area contributed by atoms with Crippen molar-refractivity contribution in [3.63, 3.8) is 0 Å². The van der Waals surface area contributed by atoms with E-state index in [4.69, 9.17) is 9.47 Å². The number of ether oxygens (including phenoxy) is 2. The molecule has 0 aliphatic carbocycles. The first-order chi connectivity index (χ1) is 19.4. The molecule has 40 heavy (non-hydrogen) atoms. The van der Waals surface area contributed by atoms with E-state index in [0.717, 1.165) is 61.8 Å². The third-order valence-electron chi connectivity index (χ3n) is 7.87. The number of hydrogen-bond acceptors (Lipinski definition) is 6. The molecule has 220 valence electrons. The van der Waals surface area contributed by atoms with Gasteiger partial charge in [0.25, 0.3) is 0 Å². The summed E-state index contributed by atoms with van der Waals surface area (Å²) in [5, 5.41) is 7.17. The molecule has 3 heterocycles. The average Bonchev–Trinajstić information content (AvgIpc) is 3.29. The first kappa shape index (κ1) is 30.1. The van der Waals surface area contributed by atoms with Crippen LogP contribution in [0.25, 0.3) is 10.9 Å². The highest BCUT2D eigenvalue weighted by Crippen LogP contribution is 2.24. The van der Waals surface area contributed by atoms with Crippen molar-refractivity contribution in [3.8, 4) is 0 Å². The first-order valence-corrected chi connectivity index (χ1v) is 15.0. The summed E-state index contributed by atoms with van der Waals surface area (Å²) in [5.41, 5.74) is 2.19. The molecule has 1 fully saturated rings. The van der Waals surface area contributed by atoms with E-state index in [1.807, 2.05) is 26.0 Å². The van der Waals surface area contributed by atoms with Crippen LogP contribution in [0.1, 0.15) is 57.9 Å². The van der Waals surface area contributed by atoms with Crippen LogP contribution in [-0.4, -0.2) is 79.3 Å². The van der Waals surface area contributed by atoms with Gasteiger partial charge in [0, 0.05) is 62.2 Å². The normalized spacial score (nSPS) is 20.2. The van der Waals surface area contributed by atoms with Crippen LogP contribution in [0.2, 0.25) is 0 Å². The van der Waals surface area contributed by atoms with E-state index in [-0.39, 0.29) is 30.1 Å². The molecule has 2 aliphatic rings. The van der Waals surface area contributed by atoms with E-state index in [1.165, 1.54) is 0 Å². The average molecular weight is 555 g/mol. The molecule has 2 bridgehead atoms. The number of nitrogens with zero attached hydrogens (tertiary/aromatic N) is 2. The number of para-hydroxylation sites is 1. The lowest BCUT2D eigenvalue weighted by atomic mass is 9.92. The fourth-order valence-electron chi connectivity index (χ4n) is 5.71. The zero-order valence-electron chi connectivity index (χ0n) is 24.2. The van der Waals surface area contributed by atoms with Gasteiger partial charge in [-0.3, -0.25) is 19.3 Å². The number of aromatic nitrogens is 1. The highest BCUT2D eigenvalue weighted by Gasteiger charge is 2.29. The van der Waals surface area contributed by atoms with Gasteiger partial charge in [-0.05, 0) is 36.8 Å². The number of carbonyl (C=O) groups excluding carboxylic acids is 3. The molecular weight excluding hydrogens is 508 g/mol. The molecule has 2 aliphatic heterocycles. The number of aryl methyl sites for hydroxylation is 1. The Morgan fingerprint density at radius 3 is 2.67 bits per heavy atom. The molecule has 1 saturated heterocycles. The molecular formula is C31H46N4O5. The minimum Gasteiger partial charge on any atom is -0.464 e. The number of nitrogens with one attached hydrogen (secondary N) is 2. The van der Waals surface area contributed by atoms with Gasteiger partial charge in [-0.25, -0.2) is 0 Å². The van der Waals surface area contributed by atoms with Gasteiger partial charge in [0.05, 0.1) is 19.6 Å². The molecule has 9 heteroatoms. The lowest BCUT2D eigenvalue weighted by Crippen LogP contribution is -2.50. The molecule has 0 saturated carbocycles. The smallest absolute Gasteiger partial charge is 0.306 e. The number of esters is 1. The molecule has 0 unspecified atom stereocenters. The Hall–Kier alpha value is -2.91. The third kappa shape index (κ3) is 8.80. The van der Waals surface area contributed by atoms with Crippen LogP contribution < -0.4 is 10.6 Å². The Bertz CT molecular complexity index is 1120. The van der Waals surface area contributed by atoms with Crippen LogP contribution >= 0.6 is 0 Å². The minimum atomic E-state index is -0.723. The van der Waals surface area contributed by atoms with Crippen LogP contribution in [0, 0.1) is 11.8 Å². The maximum absolute atomic E-state index is 13.6. The number of morpholine rings is 1. The third-order valence-corrected chi connectivity index (χ3v) is 7.87. The Morgan fingerprint density at radius 2 is 1.88 bits per heavy atom. The van der Waals surface area contributed by atoms with Crippen molar-refractivity contribution in [2.24, 2.45) is 11.8 Å². The van der Waals surface area contributed by atoms with Crippen molar-refractivity contribution in [3.05, 3.63) is 36.0 Å². The van der Waals surface area contributed by atoms with Crippen LogP contribution in [-0.2, 0) is 36.8 Å².